The Hall–Kier alpha value is -2.47. The summed E-state index contributed by atoms with van der Waals surface area (Å²) in [6.07, 6.45) is -6.68. The van der Waals surface area contributed by atoms with Crippen LogP contribution in [-0.2, 0) is 27.2 Å². The summed E-state index contributed by atoms with van der Waals surface area (Å²) >= 11 is 0. The molecule has 2 aromatic rings. The molecule has 1 aliphatic carbocycles. The van der Waals surface area contributed by atoms with Crippen molar-refractivity contribution in [1.29, 1.82) is 0 Å². The molecule has 0 aromatic heterocycles. The van der Waals surface area contributed by atoms with E-state index < -0.39 is 56.4 Å². The van der Waals surface area contributed by atoms with E-state index >= 15 is 0 Å². The third-order valence-electron chi connectivity index (χ3n) is 6.49. The van der Waals surface area contributed by atoms with Gasteiger partial charge in [-0.3, -0.25) is 4.79 Å². The monoisotopic (exact) mass is 556 g/mol. The highest BCUT2D eigenvalue weighted by molar-refractivity contribution is 7.91. The van der Waals surface area contributed by atoms with E-state index in [-0.39, 0.29) is 11.6 Å². The van der Waals surface area contributed by atoms with Crippen LogP contribution in [0, 0.1) is 0 Å². The molecule has 7 nitrogen and oxygen atoms in total. The summed E-state index contributed by atoms with van der Waals surface area (Å²) in [5, 5.41) is 26.9. The van der Waals surface area contributed by atoms with Crippen molar-refractivity contribution in [3.8, 4) is 0 Å². The van der Waals surface area contributed by atoms with Gasteiger partial charge in [-0.1, -0.05) is 24.3 Å². The van der Waals surface area contributed by atoms with E-state index in [1.165, 1.54) is 0 Å². The van der Waals surface area contributed by atoms with E-state index in [0.717, 1.165) is 47.7 Å². The van der Waals surface area contributed by atoms with Crippen LogP contribution in [-0.4, -0.2) is 48.0 Å². The molecule has 1 aliphatic rings. The maximum absolute atomic E-state index is 13.0. The molecule has 4 N–H and O–H groups in total. The van der Waals surface area contributed by atoms with Crippen molar-refractivity contribution in [3.63, 3.8) is 0 Å². The summed E-state index contributed by atoms with van der Waals surface area (Å²) in [4.78, 5) is 12.1. The van der Waals surface area contributed by atoms with Gasteiger partial charge in [-0.05, 0) is 81.8 Å². The average Bonchev–Trinajstić information content (AvgIpc) is 2.81. The van der Waals surface area contributed by atoms with E-state index in [9.17, 15) is 36.6 Å². The van der Waals surface area contributed by atoms with Crippen molar-refractivity contribution in [2.45, 2.75) is 87.9 Å². The van der Waals surface area contributed by atoms with Gasteiger partial charge in [0.2, 0.25) is 0 Å². The fourth-order valence-corrected chi connectivity index (χ4v) is 6.11. The van der Waals surface area contributed by atoms with Crippen molar-refractivity contribution in [3.05, 3.63) is 64.7 Å². The molecule has 3 rings (SSSR count). The summed E-state index contributed by atoms with van der Waals surface area (Å²) in [6, 6.07) is 8.75. The standard InChI is InChI=1S/C27H35F3N2O5S/c1-16(32-26(2,3)4)17-11-12-21-18(13-17)7-5-10-22(21)31-25(35)24(34)23(33)15-38(36,37)20-9-6-8-19(14-20)27(28,29)30/h6,8-9,11-14,16,22-24,32-34H,5,7,10,15H2,1-4H3,(H,31,35)/t16?,22-,23-,24-/m1/s1. The van der Waals surface area contributed by atoms with Gasteiger partial charge in [0, 0.05) is 11.6 Å². The summed E-state index contributed by atoms with van der Waals surface area (Å²) in [7, 11) is -4.42. The lowest BCUT2D eigenvalue weighted by molar-refractivity contribution is -0.137. The van der Waals surface area contributed by atoms with Crippen LogP contribution >= 0.6 is 0 Å². The van der Waals surface area contributed by atoms with Crippen molar-refractivity contribution in [2.24, 2.45) is 0 Å². The van der Waals surface area contributed by atoms with Crippen LogP contribution in [0.2, 0.25) is 0 Å². The number of rotatable bonds is 8. The minimum absolute atomic E-state index is 0.0720. The Morgan fingerprint density at radius 3 is 2.42 bits per heavy atom. The molecule has 0 saturated carbocycles. The minimum Gasteiger partial charge on any atom is -0.389 e. The number of hydrogen-bond acceptors (Lipinski definition) is 6. The fourth-order valence-electron chi connectivity index (χ4n) is 4.70. The van der Waals surface area contributed by atoms with Crippen LogP contribution in [0.1, 0.15) is 74.9 Å². The third-order valence-corrected chi connectivity index (χ3v) is 8.24. The van der Waals surface area contributed by atoms with Crippen LogP contribution in [0.25, 0.3) is 0 Å². The Morgan fingerprint density at radius 1 is 1.11 bits per heavy atom. The maximum atomic E-state index is 13.0. The van der Waals surface area contributed by atoms with Crippen LogP contribution in [0.5, 0.6) is 0 Å². The van der Waals surface area contributed by atoms with Crippen molar-refractivity contribution in [2.75, 3.05) is 5.75 Å². The van der Waals surface area contributed by atoms with E-state index in [0.29, 0.717) is 12.5 Å². The highest BCUT2D eigenvalue weighted by atomic mass is 32.2. The number of halogens is 3. The molecular weight excluding hydrogens is 521 g/mol. The average molecular weight is 557 g/mol. The maximum Gasteiger partial charge on any atom is 0.416 e. The molecule has 11 heteroatoms. The second-order valence-corrected chi connectivity index (χ2v) is 12.9. The zero-order valence-corrected chi connectivity index (χ0v) is 22.7. The van der Waals surface area contributed by atoms with E-state index in [1.54, 1.807) is 0 Å². The zero-order chi connectivity index (χ0) is 28.5. The molecule has 0 radical (unpaired) electrons. The van der Waals surface area contributed by atoms with Crippen molar-refractivity contribution in [1.82, 2.24) is 10.6 Å². The first-order valence-corrected chi connectivity index (χ1v) is 14.1. The van der Waals surface area contributed by atoms with Gasteiger partial charge < -0.3 is 20.8 Å². The smallest absolute Gasteiger partial charge is 0.389 e. The topological polar surface area (TPSA) is 116 Å². The van der Waals surface area contributed by atoms with Crippen molar-refractivity contribution >= 4 is 15.7 Å². The number of hydrogen-bond donors (Lipinski definition) is 4. The number of sulfone groups is 1. The number of carbonyl (C=O) groups excluding carboxylic acids is 1. The number of aliphatic hydroxyl groups is 2. The van der Waals surface area contributed by atoms with Crippen molar-refractivity contribution < 1.29 is 36.6 Å². The van der Waals surface area contributed by atoms with Gasteiger partial charge in [0.15, 0.2) is 15.9 Å². The second-order valence-electron chi connectivity index (χ2n) is 10.8. The van der Waals surface area contributed by atoms with Crippen LogP contribution in [0.15, 0.2) is 47.4 Å². The first kappa shape index (κ1) is 30.1. The minimum atomic E-state index is -4.75. The molecule has 0 spiro atoms. The number of aliphatic hydroxyl groups excluding tert-OH is 2. The SMILES string of the molecule is CC(NC(C)(C)C)c1ccc2c(c1)CCC[C@H]2NC(=O)[C@H](O)[C@H](O)CS(=O)(=O)c1cccc(C(F)(F)F)c1. The molecule has 0 fully saturated rings. The second kappa shape index (κ2) is 11.3. The first-order valence-electron chi connectivity index (χ1n) is 12.4. The summed E-state index contributed by atoms with van der Waals surface area (Å²) < 4.78 is 64.1. The van der Waals surface area contributed by atoms with Gasteiger partial charge in [0.05, 0.1) is 22.3 Å². The van der Waals surface area contributed by atoms with E-state index in [4.69, 9.17) is 0 Å². The molecule has 2 aromatic carbocycles. The van der Waals surface area contributed by atoms with Crippen LogP contribution in [0.4, 0.5) is 13.2 Å². The largest absolute Gasteiger partial charge is 0.416 e. The molecule has 1 amide bonds. The van der Waals surface area contributed by atoms with Gasteiger partial charge in [-0.2, -0.15) is 13.2 Å². The van der Waals surface area contributed by atoms with E-state index in [1.807, 2.05) is 12.1 Å². The highest BCUT2D eigenvalue weighted by Crippen LogP contribution is 2.33. The molecule has 0 bridgehead atoms. The predicted octanol–water partition coefficient (Wildman–Crippen LogP) is 3.84. The molecule has 0 heterocycles. The Balaban J connectivity index is 1.69. The van der Waals surface area contributed by atoms with Gasteiger partial charge in [-0.15, -0.1) is 0 Å². The Morgan fingerprint density at radius 2 is 1.79 bits per heavy atom. The van der Waals surface area contributed by atoms with Gasteiger partial charge in [0.1, 0.15) is 6.10 Å². The third kappa shape index (κ3) is 7.56. The van der Waals surface area contributed by atoms with Crippen LogP contribution < -0.4 is 10.6 Å². The van der Waals surface area contributed by atoms with E-state index in [2.05, 4.69) is 44.4 Å². The number of benzene rings is 2. The molecule has 210 valence electrons. The quantitative estimate of drug-likeness (QED) is 0.393. The molecule has 0 saturated heterocycles. The number of alkyl halides is 3. The summed E-state index contributed by atoms with van der Waals surface area (Å²) in [6.45, 7) is 8.31. The molecule has 4 atom stereocenters. The lowest BCUT2D eigenvalue weighted by Crippen LogP contribution is -2.46. The highest BCUT2D eigenvalue weighted by Gasteiger charge is 2.35. The summed E-state index contributed by atoms with van der Waals surface area (Å²) in [5.74, 6) is -2.08. The van der Waals surface area contributed by atoms with Gasteiger partial charge in [0.25, 0.3) is 5.91 Å². The first-order chi connectivity index (χ1) is 17.5. The Bertz CT molecular complexity index is 1260. The number of carbonyl (C=O) groups is 1. The summed E-state index contributed by atoms with van der Waals surface area (Å²) in [5.41, 5.74) is 1.81. The molecular formula is C27H35F3N2O5S. The lowest BCUT2D eigenvalue weighted by Gasteiger charge is -2.30. The van der Waals surface area contributed by atoms with Gasteiger partial charge >= 0.3 is 6.18 Å². The predicted molar refractivity (Wildman–Crippen MR) is 137 cm³/mol. The van der Waals surface area contributed by atoms with Gasteiger partial charge in [-0.25, -0.2) is 8.42 Å². The molecule has 1 unspecified atom stereocenters. The lowest BCUT2D eigenvalue weighted by atomic mass is 9.85. The number of nitrogens with one attached hydrogen (secondary N) is 2. The Labute approximate surface area is 221 Å². The Kier molecular flexibility index (Phi) is 8.97. The molecule has 38 heavy (non-hydrogen) atoms. The number of amides is 1. The number of aryl methyl sites for hydroxylation is 1. The molecule has 0 aliphatic heterocycles. The van der Waals surface area contributed by atoms with Crippen LogP contribution in [0.3, 0.4) is 0 Å². The number of fused-ring (bicyclic) bond motifs is 1. The normalized spacial score (nSPS) is 18.8. The zero-order valence-electron chi connectivity index (χ0n) is 21.8. The fraction of sp³-hybridized carbons (Fsp3) is 0.519.